The molecular weight excluding hydrogens is 234 g/mol. The molecule has 3 nitrogen and oxygen atoms in total. The smallest absolute Gasteiger partial charge is 0.128 e. The molecule has 1 saturated heterocycles. The van der Waals surface area contributed by atoms with Crippen molar-refractivity contribution in [2.75, 3.05) is 37.6 Å². The molecule has 1 aliphatic heterocycles. The van der Waals surface area contributed by atoms with Crippen molar-refractivity contribution in [2.24, 2.45) is 0 Å². The summed E-state index contributed by atoms with van der Waals surface area (Å²) in [5.74, 6) is 1.56. The van der Waals surface area contributed by atoms with Gasteiger partial charge in [0.2, 0.25) is 0 Å². The molecule has 0 radical (unpaired) electrons. The van der Waals surface area contributed by atoms with E-state index in [2.05, 4.69) is 27.8 Å². The van der Waals surface area contributed by atoms with Crippen molar-refractivity contribution in [2.45, 2.75) is 19.2 Å². The van der Waals surface area contributed by atoms with E-state index in [1.54, 1.807) is 0 Å². The van der Waals surface area contributed by atoms with Gasteiger partial charge in [-0.05, 0) is 25.1 Å². The molecule has 1 aromatic rings. The Balaban J connectivity index is 1.95. The fourth-order valence-electron chi connectivity index (χ4n) is 2.23. The van der Waals surface area contributed by atoms with Gasteiger partial charge in [0.25, 0.3) is 0 Å². The molecule has 0 spiro atoms. The molecule has 4 heteroatoms. The van der Waals surface area contributed by atoms with Crippen molar-refractivity contribution in [3.8, 4) is 0 Å². The van der Waals surface area contributed by atoms with E-state index in [1.165, 1.54) is 13.0 Å². The predicted molar refractivity (Wildman–Crippen MR) is 72.7 cm³/mol. The summed E-state index contributed by atoms with van der Waals surface area (Å²) in [5, 5.41) is 0. The molecule has 0 N–H and O–H groups in total. The minimum Gasteiger partial charge on any atom is -0.354 e. The first-order chi connectivity index (χ1) is 8.33. The maximum atomic E-state index is 5.81. The number of hydrogen-bond acceptors (Lipinski definition) is 3. The molecule has 0 atom stereocenters. The summed E-state index contributed by atoms with van der Waals surface area (Å²) in [4.78, 5) is 9.43. The molecule has 0 unspecified atom stereocenters. The van der Waals surface area contributed by atoms with E-state index < -0.39 is 0 Å². The summed E-state index contributed by atoms with van der Waals surface area (Å²) in [6, 6.07) is 6.09. The highest BCUT2D eigenvalue weighted by atomic mass is 35.5. The van der Waals surface area contributed by atoms with Crippen LogP contribution in [0.2, 0.25) is 0 Å². The molecule has 1 fully saturated rings. The largest absolute Gasteiger partial charge is 0.354 e. The quantitative estimate of drug-likeness (QED) is 0.768. The SMILES string of the molecule is CCCN1CCN(c2cccc(CCl)n2)CC1. The summed E-state index contributed by atoms with van der Waals surface area (Å²) in [7, 11) is 0. The predicted octanol–water partition coefficient (Wildman–Crippen LogP) is 2.35. The number of alkyl halides is 1. The molecule has 1 aromatic heterocycles. The lowest BCUT2D eigenvalue weighted by molar-refractivity contribution is 0.258. The van der Waals surface area contributed by atoms with Crippen molar-refractivity contribution in [1.82, 2.24) is 9.88 Å². The zero-order chi connectivity index (χ0) is 12.1. The van der Waals surface area contributed by atoms with Crippen molar-refractivity contribution in [3.63, 3.8) is 0 Å². The lowest BCUT2D eigenvalue weighted by Crippen LogP contribution is -2.46. The third kappa shape index (κ3) is 3.33. The first-order valence-electron chi connectivity index (χ1n) is 6.32. The fourth-order valence-corrected chi connectivity index (χ4v) is 2.38. The van der Waals surface area contributed by atoms with Gasteiger partial charge in [-0.15, -0.1) is 11.6 Å². The van der Waals surface area contributed by atoms with Crippen LogP contribution in [0.5, 0.6) is 0 Å². The summed E-state index contributed by atoms with van der Waals surface area (Å²) in [5.41, 5.74) is 0.958. The third-order valence-electron chi connectivity index (χ3n) is 3.17. The van der Waals surface area contributed by atoms with Gasteiger partial charge in [-0.1, -0.05) is 13.0 Å². The number of hydrogen-bond donors (Lipinski definition) is 0. The van der Waals surface area contributed by atoms with Gasteiger partial charge in [0.05, 0.1) is 11.6 Å². The summed E-state index contributed by atoms with van der Waals surface area (Å²) < 4.78 is 0. The van der Waals surface area contributed by atoms with E-state index in [-0.39, 0.29) is 0 Å². The second-order valence-corrected chi connectivity index (χ2v) is 4.72. The van der Waals surface area contributed by atoms with Gasteiger partial charge in [-0.3, -0.25) is 4.90 Å². The molecule has 1 aliphatic rings. The molecule has 0 saturated carbocycles. The number of pyridine rings is 1. The van der Waals surface area contributed by atoms with Gasteiger partial charge in [0, 0.05) is 26.2 Å². The average molecular weight is 254 g/mol. The Kier molecular flexibility index (Phi) is 4.63. The highest BCUT2D eigenvalue weighted by Crippen LogP contribution is 2.15. The summed E-state index contributed by atoms with van der Waals surface area (Å²) >= 11 is 5.81. The van der Waals surface area contributed by atoms with Crippen LogP contribution in [0.1, 0.15) is 19.0 Å². The van der Waals surface area contributed by atoms with Crippen LogP contribution in [0, 0.1) is 0 Å². The second kappa shape index (κ2) is 6.22. The number of rotatable bonds is 4. The molecular formula is C13H20ClN3. The summed E-state index contributed by atoms with van der Waals surface area (Å²) in [6.45, 7) is 7.86. The van der Waals surface area contributed by atoms with Gasteiger partial charge >= 0.3 is 0 Å². The van der Waals surface area contributed by atoms with Crippen LogP contribution in [0.3, 0.4) is 0 Å². The van der Waals surface area contributed by atoms with E-state index in [0.29, 0.717) is 5.88 Å². The van der Waals surface area contributed by atoms with Crippen molar-refractivity contribution in [1.29, 1.82) is 0 Å². The lowest BCUT2D eigenvalue weighted by Gasteiger charge is -2.35. The van der Waals surface area contributed by atoms with Crippen molar-refractivity contribution in [3.05, 3.63) is 23.9 Å². The molecule has 94 valence electrons. The fraction of sp³-hybridized carbons (Fsp3) is 0.615. The van der Waals surface area contributed by atoms with E-state index in [4.69, 9.17) is 11.6 Å². The minimum atomic E-state index is 0.490. The van der Waals surface area contributed by atoms with Crippen LogP contribution >= 0.6 is 11.6 Å². The van der Waals surface area contributed by atoms with Crippen LogP contribution in [0.4, 0.5) is 5.82 Å². The Hall–Kier alpha value is -0.800. The van der Waals surface area contributed by atoms with Crippen molar-refractivity contribution < 1.29 is 0 Å². The topological polar surface area (TPSA) is 19.4 Å². The second-order valence-electron chi connectivity index (χ2n) is 4.45. The molecule has 0 bridgehead atoms. The number of nitrogens with zero attached hydrogens (tertiary/aromatic N) is 3. The molecule has 0 aromatic carbocycles. The zero-order valence-electron chi connectivity index (χ0n) is 10.4. The molecule has 2 rings (SSSR count). The zero-order valence-corrected chi connectivity index (χ0v) is 11.2. The molecule has 0 aliphatic carbocycles. The molecule has 17 heavy (non-hydrogen) atoms. The van der Waals surface area contributed by atoms with Gasteiger partial charge in [0.1, 0.15) is 5.82 Å². The number of anilines is 1. The van der Waals surface area contributed by atoms with Crippen molar-refractivity contribution >= 4 is 17.4 Å². The standard InChI is InChI=1S/C13H20ClN3/c1-2-6-16-7-9-17(10-8-16)13-5-3-4-12(11-14)15-13/h3-5H,2,6-11H2,1H3. The van der Waals surface area contributed by atoms with Crippen LogP contribution in [0.25, 0.3) is 0 Å². The highest BCUT2D eigenvalue weighted by Gasteiger charge is 2.17. The highest BCUT2D eigenvalue weighted by molar-refractivity contribution is 6.16. The van der Waals surface area contributed by atoms with Gasteiger partial charge in [-0.25, -0.2) is 4.98 Å². The van der Waals surface area contributed by atoms with E-state index in [0.717, 1.165) is 37.7 Å². The maximum absolute atomic E-state index is 5.81. The number of piperazine rings is 1. The Labute approximate surface area is 108 Å². The molecule has 0 amide bonds. The Bertz CT molecular complexity index is 348. The number of aromatic nitrogens is 1. The first-order valence-corrected chi connectivity index (χ1v) is 6.86. The van der Waals surface area contributed by atoms with Gasteiger partial charge in [-0.2, -0.15) is 0 Å². The Morgan fingerprint density at radius 3 is 2.65 bits per heavy atom. The Morgan fingerprint density at radius 2 is 2.00 bits per heavy atom. The van der Waals surface area contributed by atoms with Gasteiger partial charge < -0.3 is 4.90 Å². The van der Waals surface area contributed by atoms with E-state index in [9.17, 15) is 0 Å². The molecule has 2 heterocycles. The maximum Gasteiger partial charge on any atom is 0.128 e. The van der Waals surface area contributed by atoms with Crippen LogP contribution in [-0.4, -0.2) is 42.6 Å². The Morgan fingerprint density at radius 1 is 1.24 bits per heavy atom. The van der Waals surface area contributed by atoms with E-state index >= 15 is 0 Å². The average Bonchev–Trinajstić information content (AvgIpc) is 2.40. The van der Waals surface area contributed by atoms with Gasteiger partial charge in [0.15, 0.2) is 0 Å². The first kappa shape index (κ1) is 12.7. The third-order valence-corrected chi connectivity index (χ3v) is 3.44. The minimum absolute atomic E-state index is 0.490. The van der Waals surface area contributed by atoms with Crippen LogP contribution in [0.15, 0.2) is 18.2 Å². The monoisotopic (exact) mass is 253 g/mol. The summed E-state index contributed by atoms with van der Waals surface area (Å²) in [6.07, 6.45) is 1.24. The normalized spacial score (nSPS) is 17.4. The lowest BCUT2D eigenvalue weighted by atomic mass is 10.3. The van der Waals surface area contributed by atoms with Crippen LogP contribution < -0.4 is 4.90 Å². The van der Waals surface area contributed by atoms with Crippen LogP contribution in [-0.2, 0) is 5.88 Å². The number of halogens is 1. The van der Waals surface area contributed by atoms with E-state index in [1.807, 2.05) is 12.1 Å².